The molecule has 1 aromatic rings. The lowest BCUT2D eigenvalue weighted by molar-refractivity contribution is 0.335. The van der Waals surface area contributed by atoms with Gasteiger partial charge in [0.15, 0.2) is 0 Å². The third-order valence-electron chi connectivity index (χ3n) is 4.13. The van der Waals surface area contributed by atoms with Crippen molar-refractivity contribution in [2.75, 3.05) is 11.9 Å². The van der Waals surface area contributed by atoms with Gasteiger partial charge >= 0.3 is 0 Å². The molecule has 1 aromatic carbocycles. The molecule has 2 heteroatoms. The zero-order valence-electron chi connectivity index (χ0n) is 11.7. The molecule has 0 aliphatic heterocycles. The molecule has 2 rings (SSSR count). The first-order valence-corrected chi connectivity index (χ1v) is 7.28. The van der Waals surface area contributed by atoms with Crippen molar-refractivity contribution in [2.45, 2.75) is 52.0 Å². The van der Waals surface area contributed by atoms with E-state index in [1.54, 1.807) is 0 Å². The van der Waals surface area contributed by atoms with Crippen molar-refractivity contribution >= 4 is 5.69 Å². The van der Waals surface area contributed by atoms with Crippen molar-refractivity contribution in [3.05, 3.63) is 29.3 Å². The Bertz CT molecular complexity index is 387. The van der Waals surface area contributed by atoms with Gasteiger partial charge in [-0.1, -0.05) is 31.5 Å². The summed E-state index contributed by atoms with van der Waals surface area (Å²) in [6.45, 7) is 5.48. The van der Waals surface area contributed by atoms with Crippen LogP contribution in [0.25, 0.3) is 0 Å². The fraction of sp³-hybridized carbons (Fsp3) is 0.625. The van der Waals surface area contributed by atoms with Crippen LogP contribution in [0.1, 0.15) is 43.7 Å². The molecule has 3 N–H and O–H groups in total. The van der Waals surface area contributed by atoms with Crippen LogP contribution >= 0.6 is 0 Å². The number of nitrogens with one attached hydrogen (secondary N) is 1. The van der Waals surface area contributed by atoms with E-state index in [4.69, 9.17) is 5.73 Å². The largest absolute Gasteiger partial charge is 0.384 e. The molecule has 0 saturated heterocycles. The van der Waals surface area contributed by atoms with Gasteiger partial charge in [-0.25, -0.2) is 0 Å². The molecule has 2 unspecified atom stereocenters. The van der Waals surface area contributed by atoms with Crippen LogP contribution in [0.3, 0.4) is 0 Å². The van der Waals surface area contributed by atoms with E-state index >= 15 is 0 Å². The summed E-state index contributed by atoms with van der Waals surface area (Å²) < 4.78 is 0. The highest BCUT2D eigenvalue weighted by molar-refractivity contribution is 5.57. The van der Waals surface area contributed by atoms with Crippen LogP contribution in [0.2, 0.25) is 0 Å². The summed E-state index contributed by atoms with van der Waals surface area (Å²) in [5.41, 5.74) is 10.2. The lowest BCUT2D eigenvalue weighted by atomic mass is 9.86. The minimum absolute atomic E-state index is 0.424. The normalized spacial score (nSPS) is 23.9. The Kier molecular flexibility index (Phi) is 4.65. The summed E-state index contributed by atoms with van der Waals surface area (Å²) in [7, 11) is 0. The van der Waals surface area contributed by atoms with E-state index in [9.17, 15) is 0 Å². The quantitative estimate of drug-likeness (QED) is 0.853. The van der Waals surface area contributed by atoms with Crippen LogP contribution in [0.5, 0.6) is 0 Å². The molecule has 1 aliphatic rings. The number of rotatable bonds is 4. The number of hydrogen-bond donors (Lipinski definition) is 2. The molecular weight excluding hydrogens is 220 g/mol. The molecule has 2 atom stereocenters. The standard InChI is InChI=1S/C16H26N2/c1-3-14-8-4-6-12(2)16(14)18-11-13-7-5-9-15(17)10-13/h4,6,8,13,15,18H,3,5,7,9-11,17H2,1-2H3. The molecule has 0 bridgehead atoms. The van der Waals surface area contributed by atoms with Crippen molar-refractivity contribution in [2.24, 2.45) is 11.7 Å². The summed E-state index contributed by atoms with van der Waals surface area (Å²) in [6, 6.07) is 6.99. The van der Waals surface area contributed by atoms with Crippen LogP contribution in [-0.2, 0) is 6.42 Å². The minimum atomic E-state index is 0.424. The van der Waals surface area contributed by atoms with Gasteiger partial charge in [-0.3, -0.25) is 0 Å². The van der Waals surface area contributed by atoms with Gasteiger partial charge in [-0.2, -0.15) is 0 Å². The Morgan fingerprint density at radius 3 is 2.89 bits per heavy atom. The first-order chi connectivity index (χ1) is 8.70. The predicted molar refractivity (Wildman–Crippen MR) is 79.0 cm³/mol. The number of aryl methyl sites for hydroxylation is 2. The van der Waals surface area contributed by atoms with E-state index in [-0.39, 0.29) is 0 Å². The average Bonchev–Trinajstić information content (AvgIpc) is 2.37. The second kappa shape index (κ2) is 6.24. The maximum Gasteiger partial charge on any atom is 0.0402 e. The van der Waals surface area contributed by atoms with E-state index in [1.807, 2.05) is 0 Å². The zero-order valence-corrected chi connectivity index (χ0v) is 11.7. The molecule has 0 aromatic heterocycles. The first kappa shape index (κ1) is 13.4. The molecule has 1 aliphatic carbocycles. The lowest BCUT2D eigenvalue weighted by Gasteiger charge is -2.27. The number of para-hydroxylation sites is 1. The highest BCUT2D eigenvalue weighted by atomic mass is 14.9. The van der Waals surface area contributed by atoms with Crippen molar-refractivity contribution in [3.63, 3.8) is 0 Å². The Morgan fingerprint density at radius 1 is 1.33 bits per heavy atom. The molecule has 100 valence electrons. The van der Waals surface area contributed by atoms with Gasteiger partial charge in [0.2, 0.25) is 0 Å². The van der Waals surface area contributed by atoms with E-state index < -0.39 is 0 Å². The van der Waals surface area contributed by atoms with E-state index in [0.29, 0.717) is 6.04 Å². The van der Waals surface area contributed by atoms with Crippen LogP contribution in [-0.4, -0.2) is 12.6 Å². The maximum atomic E-state index is 6.05. The summed E-state index contributed by atoms with van der Waals surface area (Å²) in [4.78, 5) is 0. The SMILES string of the molecule is CCc1cccc(C)c1NCC1CCCC(N)C1. The molecule has 0 spiro atoms. The monoisotopic (exact) mass is 246 g/mol. The zero-order chi connectivity index (χ0) is 13.0. The van der Waals surface area contributed by atoms with Crippen molar-refractivity contribution in [1.29, 1.82) is 0 Å². The Balaban J connectivity index is 1.97. The topological polar surface area (TPSA) is 38.0 Å². The summed E-state index contributed by atoms with van der Waals surface area (Å²) in [5.74, 6) is 0.748. The number of hydrogen-bond acceptors (Lipinski definition) is 2. The van der Waals surface area contributed by atoms with Gasteiger partial charge in [0, 0.05) is 18.3 Å². The highest BCUT2D eigenvalue weighted by Gasteiger charge is 2.19. The van der Waals surface area contributed by atoms with Crippen LogP contribution in [0.4, 0.5) is 5.69 Å². The molecular formula is C16H26N2. The summed E-state index contributed by atoms with van der Waals surface area (Å²) >= 11 is 0. The number of anilines is 1. The highest BCUT2D eigenvalue weighted by Crippen LogP contribution is 2.26. The molecule has 1 fully saturated rings. The number of nitrogens with two attached hydrogens (primary N) is 1. The van der Waals surface area contributed by atoms with Gasteiger partial charge in [0.25, 0.3) is 0 Å². The summed E-state index contributed by atoms with van der Waals surface area (Å²) in [5, 5.41) is 3.67. The molecule has 1 saturated carbocycles. The van der Waals surface area contributed by atoms with E-state index in [1.165, 1.54) is 42.5 Å². The first-order valence-electron chi connectivity index (χ1n) is 7.28. The third kappa shape index (κ3) is 3.26. The van der Waals surface area contributed by atoms with Crippen LogP contribution in [0.15, 0.2) is 18.2 Å². The molecule has 0 heterocycles. The Morgan fingerprint density at radius 2 is 2.17 bits per heavy atom. The van der Waals surface area contributed by atoms with E-state index in [0.717, 1.165) is 18.9 Å². The molecule has 0 amide bonds. The van der Waals surface area contributed by atoms with Crippen molar-refractivity contribution in [3.8, 4) is 0 Å². The van der Waals surface area contributed by atoms with Gasteiger partial charge in [-0.05, 0) is 49.7 Å². The Labute approximate surface area is 111 Å². The third-order valence-corrected chi connectivity index (χ3v) is 4.13. The van der Waals surface area contributed by atoms with Crippen LogP contribution in [0, 0.1) is 12.8 Å². The lowest BCUT2D eigenvalue weighted by Crippen LogP contribution is -2.31. The number of benzene rings is 1. The summed E-state index contributed by atoms with van der Waals surface area (Å²) in [6.07, 6.45) is 6.10. The average molecular weight is 246 g/mol. The molecule has 0 radical (unpaired) electrons. The van der Waals surface area contributed by atoms with Crippen LogP contribution < -0.4 is 11.1 Å². The van der Waals surface area contributed by atoms with Gasteiger partial charge in [-0.15, -0.1) is 0 Å². The van der Waals surface area contributed by atoms with E-state index in [2.05, 4.69) is 37.4 Å². The second-order valence-electron chi connectivity index (χ2n) is 5.64. The van der Waals surface area contributed by atoms with Crippen molar-refractivity contribution < 1.29 is 0 Å². The smallest absolute Gasteiger partial charge is 0.0402 e. The Hall–Kier alpha value is -1.02. The minimum Gasteiger partial charge on any atom is -0.384 e. The predicted octanol–water partition coefficient (Wildman–Crippen LogP) is 3.49. The second-order valence-corrected chi connectivity index (χ2v) is 5.64. The molecule has 2 nitrogen and oxygen atoms in total. The fourth-order valence-electron chi connectivity index (χ4n) is 3.04. The van der Waals surface area contributed by atoms with Gasteiger partial charge < -0.3 is 11.1 Å². The maximum absolute atomic E-state index is 6.05. The van der Waals surface area contributed by atoms with Gasteiger partial charge in [0.1, 0.15) is 0 Å². The molecule has 18 heavy (non-hydrogen) atoms. The fourth-order valence-corrected chi connectivity index (χ4v) is 3.04. The van der Waals surface area contributed by atoms with Crippen molar-refractivity contribution in [1.82, 2.24) is 0 Å². The van der Waals surface area contributed by atoms with Gasteiger partial charge in [0.05, 0.1) is 0 Å².